The Kier molecular flexibility index (Phi) is 6.26. The third-order valence-electron chi connectivity index (χ3n) is 11.7. The zero-order chi connectivity index (χ0) is 35.5. The second kappa shape index (κ2) is 11.2. The van der Waals surface area contributed by atoms with Gasteiger partial charge in [-0.1, -0.05) is 121 Å². The van der Waals surface area contributed by atoms with Gasteiger partial charge in [0, 0.05) is 68.1 Å². The molecule has 4 heteroatoms. The maximum atomic E-state index is 7.05. The molecule has 0 saturated heterocycles. The summed E-state index contributed by atoms with van der Waals surface area (Å²) < 4.78 is 12.2. The van der Waals surface area contributed by atoms with Crippen LogP contribution < -0.4 is 4.90 Å². The van der Waals surface area contributed by atoms with Crippen LogP contribution in [0.3, 0.4) is 0 Å². The molecule has 0 fully saturated rings. The van der Waals surface area contributed by atoms with Crippen LogP contribution >= 0.6 is 22.7 Å². The number of hydrogen-bond donors (Lipinski definition) is 0. The molecular weight excluding hydrogens is 695 g/mol. The lowest BCUT2D eigenvalue weighted by Crippen LogP contribution is -2.23. The lowest BCUT2D eigenvalue weighted by atomic mass is 9.73. The lowest BCUT2D eigenvalue weighted by molar-refractivity contribution is 0.638. The second-order valence-corrected chi connectivity index (χ2v) is 16.7. The van der Waals surface area contributed by atoms with Gasteiger partial charge < -0.3 is 9.32 Å². The highest BCUT2D eigenvalue weighted by molar-refractivity contribution is 7.26. The molecule has 0 N–H and O–H groups in total. The topological polar surface area (TPSA) is 16.4 Å². The van der Waals surface area contributed by atoms with Crippen molar-refractivity contribution < 1.29 is 4.42 Å². The number of anilines is 3. The van der Waals surface area contributed by atoms with Gasteiger partial charge in [-0.05, 0) is 77.7 Å². The van der Waals surface area contributed by atoms with Gasteiger partial charge in [0.1, 0.15) is 11.2 Å². The van der Waals surface area contributed by atoms with E-state index in [1.165, 1.54) is 68.2 Å². The monoisotopic (exact) mass is 725 g/mol. The zero-order valence-corrected chi connectivity index (χ0v) is 31.0. The van der Waals surface area contributed by atoms with E-state index < -0.39 is 5.41 Å². The number of benzene rings is 8. The lowest BCUT2D eigenvalue weighted by Gasteiger charge is -2.31. The Morgan fingerprint density at radius 1 is 0.444 bits per heavy atom. The Hall–Kier alpha value is -6.20. The van der Waals surface area contributed by atoms with Crippen LogP contribution in [0.1, 0.15) is 23.6 Å². The molecule has 0 unspecified atom stereocenters. The van der Waals surface area contributed by atoms with E-state index in [1.807, 2.05) is 22.7 Å². The number of hydrogen-bond acceptors (Lipinski definition) is 4. The Bertz CT molecular complexity index is 3170. The smallest absolute Gasteiger partial charge is 0.141 e. The maximum absolute atomic E-state index is 7.05. The van der Waals surface area contributed by atoms with E-state index in [-0.39, 0.29) is 0 Å². The van der Waals surface area contributed by atoms with Crippen LogP contribution in [0, 0.1) is 0 Å². The van der Waals surface area contributed by atoms with Gasteiger partial charge in [0.05, 0.1) is 11.1 Å². The zero-order valence-electron chi connectivity index (χ0n) is 29.3. The minimum atomic E-state index is -0.408. The van der Waals surface area contributed by atoms with Gasteiger partial charge in [0.2, 0.25) is 0 Å². The molecule has 3 heterocycles. The molecule has 8 aromatic carbocycles. The van der Waals surface area contributed by atoms with E-state index in [2.05, 4.69) is 182 Å². The van der Waals surface area contributed by atoms with Gasteiger partial charge in [-0.2, -0.15) is 0 Å². The van der Waals surface area contributed by atoms with Gasteiger partial charge in [0.25, 0.3) is 0 Å². The average Bonchev–Trinajstić information content (AvgIpc) is 3.97. The molecule has 0 saturated carbocycles. The van der Waals surface area contributed by atoms with Gasteiger partial charge in [-0.3, -0.25) is 0 Å². The van der Waals surface area contributed by atoms with Gasteiger partial charge >= 0.3 is 0 Å². The van der Waals surface area contributed by atoms with Gasteiger partial charge in [-0.15, -0.1) is 22.7 Å². The van der Waals surface area contributed by atoms with Crippen molar-refractivity contribution in [1.29, 1.82) is 0 Å². The van der Waals surface area contributed by atoms with Crippen molar-refractivity contribution in [3.63, 3.8) is 0 Å². The van der Waals surface area contributed by atoms with E-state index in [9.17, 15) is 0 Å². The number of fused-ring (bicyclic) bond motifs is 12. The summed E-state index contributed by atoms with van der Waals surface area (Å²) in [5.41, 5.74) is 11.1. The Balaban J connectivity index is 1.16. The van der Waals surface area contributed by atoms with Crippen LogP contribution in [-0.2, 0) is 5.41 Å². The molecule has 12 rings (SSSR count). The van der Waals surface area contributed by atoms with Crippen molar-refractivity contribution in [3.05, 3.63) is 187 Å². The first-order valence-corrected chi connectivity index (χ1v) is 20.1. The van der Waals surface area contributed by atoms with E-state index >= 15 is 0 Å². The summed E-state index contributed by atoms with van der Waals surface area (Å²) in [5.74, 6) is 0. The molecule has 0 aliphatic heterocycles. The maximum Gasteiger partial charge on any atom is 0.141 e. The number of rotatable bonds is 4. The summed E-state index contributed by atoms with van der Waals surface area (Å²) >= 11 is 3.72. The van der Waals surface area contributed by atoms with Crippen molar-refractivity contribution in [3.8, 4) is 11.1 Å². The summed E-state index contributed by atoms with van der Waals surface area (Å²) in [6.07, 6.45) is 0. The molecule has 0 bridgehead atoms. The van der Waals surface area contributed by atoms with E-state index in [0.717, 1.165) is 39.0 Å². The molecule has 1 aliphatic carbocycles. The molecule has 0 amide bonds. The van der Waals surface area contributed by atoms with E-state index in [1.54, 1.807) is 0 Å². The van der Waals surface area contributed by atoms with Crippen LogP contribution in [0.15, 0.2) is 174 Å². The summed E-state index contributed by atoms with van der Waals surface area (Å²) in [5, 5.41) is 7.43. The minimum absolute atomic E-state index is 0.408. The van der Waals surface area contributed by atoms with Crippen molar-refractivity contribution in [1.82, 2.24) is 0 Å². The van der Waals surface area contributed by atoms with Crippen molar-refractivity contribution in [2.24, 2.45) is 0 Å². The van der Waals surface area contributed by atoms with Crippen molar-refractivity contribution in [2.75, 3.05) is 4.90 Å². The summed E-state index contributed by atoms with van der Waals surface area (Å²) in [4.78, 5) is 2.46. The SMILES string of the molecule is CC1(c2ccc(N(c3ccc4c(c3)sc3ccccc34)c3ccc4c(c3)sc3ccccc34)c3c2oc2ccccc23)c2ccccc2-c2ccccc21. The molecule has 3 aromatic heterocycles. The molecule has 254 valence electrons. The van der Waals surface area contributed by atoms with Gasteiger partial charge in [-0.25, -0.2) is 0 Å². The second-order valence-electron chi connectivity index (χ2n) is 14.5. The van der Waals surface area contributed by atoms with Crippen LogP contribution in [0.2, 0.25) is 0 Å². The third-order valence-corrected chi connectivity index (χ3v) is 14.0. The molecule has 11 aromatic rings. The summed E-state index contributed by atoms with van der Waals surface area (Å²) in [6, 6.07) is 62.4. The number of thiophene rings is 2. The molecule has 2 nitrogen and oxygen atoms in total. The van der Waals surface area contributed by atoms with Crippen LogP contribution in [0.4, 0.5) is 17.1 Å². The first-order chi connectivity index (χ1) is 26.6. The molecule has 0 radical (unpaired) electrons. The first-order valence-electron chi connectivity index (χ1n) is 18.4. The number of furan rings is 1. The normalized spacial score (nSPS) is 13.4. The number of para-hydroxylation sites is 1. The highest BCUT2D eigenvalue weighted by Gasteiger charge is 2.43. The third kappa shape index (κ3) is 4.10. The van der Waals surface area contributed by atoms with E-state index in [0.29, 0.717) is 0 Å². The summed E-state index contributed by atoms with van der Waals surface area (Å²) in [6.45, 7) is 2.38. The van der Waals surface area contributed by atoms with Crippen LogP contribution in [-0.4, -0.2) is 0 Å². The fourth-order valence-electron chi connectivity index (χ4n) is 9.27. The van der Waals surface area contributed by atoms with Crippen molar-refractivity contribution >= 4 is 102 Å². The molecular formula is C50H31NOS2. The Morgan fingerprint density at radius 3 is 1.56 bits per heavy atom. The Morgan fingerprint density at radius 2 is 0.944 bits per heavy atom. The highest BCUT2D eigenvalue weighted by Crippen LogP contribution is 2.56. The fraction of sp³-hybridized carbons (Fsp3) is 0.0400. The minimum Gasteiger partial charge on any atom is -0.456 e. The van der Waals surface area contributed by atoms with Gasteiger partial charge in [0.15, 0.2) is 0 Å². The molecule has 1 aliphatic rings. The molecule has 0 atom stereocenters. The molecule has 0 spiro atoms. The summed E-state index contributed by atoms with van der Waals surface area (Å²) in [7, 11) is 0. The van der Waals surface area contributed by atoms with Crippen LogP contribution in [0.25, 0.3) is 73.4 Å². The number of nitrogens with zero attached hydrogens (tertiary/aromatic N) is 1. The molecule has 54 heavy (non-hydrogen) atoms. The standard InChI is InChI=1S/C50H31NOS2/c1-50(39-17-7-2-12-32(39)33-13-3-8-18-40(33)50)41-26-27-42(48-38-16-4-9-19-43(38)52-49(41)48)51(30-22-24-36-34-14-5-10-20-44(34)53-46(36)28-30)31-23-25-37-35-15-6-11-21-45(35)54-47(37)29-31/h2-29H,1H3. The van der Waals surface area contributed by atoms with E-state index in [4.69, 9.17) is 4.42 Å². The highest BCUT2D eigenvalue weighted by atomic mass is 32.1. The Labute approximate surface area is 319 Å². The first kappa shape index (κ1) is 30.3. The fourth-order valence-corrected chi connectivity index (χ4v) is 11.5. The average molecular weight is 726 g/mol. The largest absolute Gasteiger partial charge is 0.456 e. The predicted molar refractivity (Wildman–Crippen MR) is 232 cm³/mol. The quantitative estimate of drug-likeness (QED) is 0.180. The van der Waals surface area contributed by atoms with Crippen LogP contribution in [0.5, 0.6) is 0 Å². The predicted octanol–water partition coefficient (Wildman–Crippen LogP) is 15.1. The van der Waals surface area contributed by atoms with Crippen molar-refractivity contribution in [2.45, 2.75) is 12.3 Å².